The Morgan fingerprint density at radius 2 is 2.46 bits per heavy atom. The van der Waals surface area contributed by atoms with E-state index in [0.717, 1.165) is 32.5 Å². The highest BCUT2D eigenvalue weighted by Gasteiger charge is 2.20. The lowest BCUT2D eigenvalue weighted by molar-refractivity contribution is 0.221. The van der Waals surface area contributed by atoms with E-state index in [9.17, 15) is 0 Å². The molecule has 1 fully saturated rings. The molecule has 0 radical (unpaired) electrons. The zero-order valence-corrected chi connectivity index (χ0v) is 7.76. The topological polar surface area (TPSA) is 72.2 Å². The maximum atomic E-state index is 8.90. The van der Waals surface area contributed by atoms with Gasteiger partial charge in [0, 0.05) is 24.6 Å². The lowest BCUT2D eigenvalue weighted by atomic mass is 10.1. The van der Waals surface area contributed by atoms with Gasteiger partial charge in [-0.15, -0.1) is 0 Å². The van der Waals surface area contributed by atoms with Gasteiger partial charge in [-0.1, -0.05) is 5.11 Å². The summed E-state index contributed by atoms with van der Waals surface area (Å²) in [5.41, 5.74) is 8.05. The highest BCUT2D eigenvalue weighted by atomic mass is 16.3. The number of hydrogen-bond donors (Lipinski definition) is 1. The SMILES string of the molecule is [N-]=[N+]=NCCCN1CCC(CO)C1. The molecule has 0 aliphatic carbocycles. The minimum atomic E-state index is 0.298. The summed E-state index contributed by atoms with van der Waals surface area (Å²) >= 11 is 0. The summed E-state index contributed by atoms with van der Waals surface area (Å²) in [7, 11) is 0. The molecule has 0 spiro atoms. The van der Waals surface area contributed by atoms with Crippen LogP contribution in [0.3, 0.4) is 0 Å². The molecular formula is C8H16N4O. The van der Waals surface area contributed by atoms with Crippen molar-refractivity contribution in [2.24, 2.45) is 11.0 Å². The van der Waals surface area contributed by atoms with E-state index in [4.69, 9.17) is 10.6 Å². The first-order valence-electron chi connectivity index (χ1n) is 4.71. The predicted molar refractivity (Wildman–Crippen MR) is 50.3 cm³/mol. The lowest BCUT2D eigenvalue weighted by Gasteiger charge is -2.13. The van der Waals surface area contributed by atoms with Crippen molar-refractivity contribution in [3.05, 3.63) is 10.4 Å². The van der Waals surface area contributed by atoms with Gasteiger partial charge < -0.3 is 10.0 Å². The second-order valence-electron chi connectivity index (χ2n) is 3.45. The Labute approximate surface area is 78.0 Å². The first-order chi connectivity index (χ1) is 6.36. The minimum absolute atomic E-state index is 0.298. The average Bonchev–Trinajstić information content (AvgIpc) is 2.60. The molecule has 5 heteroatoms. The Morgan fingerprint density at radius 3 is 3.08 bits per heavy atom. The number of nitrogens with zero attached hydrogens (tertiary/aromatic N) is 4. The highest BCUT2D eigenvalue weighted by molar-refractivity contribution is 4.74. The molecule has 0 aromatic rings. The summed E-state index contributed by atoms with van der Waals surface area (Å²) in [4.78, 5) is 5.01. The summed E-state index contributed by atoms with van der Waals surface area (Å²) < 4.78 is 0. The standard InChI is InChI=1S/C8H16N4O/c9-11-10-3-1-4-12-5-2-8(6-12)7-13/h8,13H,1-7H2. The quantitative estimate of drug-likeness (QED) is 0.299. The Kier molecular flexibility index (Phi) is 4.60. The third-order valence-electron chi connectivity index (χ3n) is 2.42. The van der Waals surface area contributed by atoms with Crippen LogP contribution in [0.5, 0.6) is 0 Å². The van der Waals surface area contributed by atoms with Gasteiger partial charge in [0.2, 0.25) is 0 Å². The van der Waals surface area contributed by atoms with E-state index in [1.165, 1.54) is 0 Å². The van der Waals surface area contributed by atoms with Gasteiger partial charge in [0.05, 0.1) is 0 Å². The molecule has 5 nitrogen and oxygen atoms in total. The maximum Gasteiger partial charge on any atom is 0.0471 e. The van der Waals surface area contributed by atoms with Crippen molar-refractivity contribution in [1.29, 1.82) is 0 Å². The minimum Gasteiger partial charge on any atom is -0.396 e. The van der Waals surface area contributed by atoms with Crippen LogP contribution in [0.15, 0.2) is 5.11 Å². The largest absolute Gasteiger partial charge is 0.396 e. The highest BCUT2D eigenvalue weighted by Crippen LogP contribution is 2.14. The Hall–Kier alpha value is -0.770. The summed E-state index contributed by atoms with van der Waals surface area (Å²) in [6, 6.07) is 0. The fraction of sp³-hybridized carbons (Fsp3) is 1.00. The fourth-order valence-electron chi connectivity index (χ4n) is 1.67. The fourth-order valence-corrected chi connectivity index (χ4v) is 1.67. The summed E-state index contributed by atoms with van der Waals surface area (Å²) in [6.07, 6.45) is 2.01. The van der Waals surface area contributed by atoms with E-state index < -0.39 is 0 Å². The van der Waals surface area contributed by atoms with Gasteiger partial charge in [0.15, 0.2) is 0 Å². The first-order valence-corrected chi connectivity index (χ1v) is 4.71. The molecule has 1 atom stereocenters. The second kappa shape index (κ2) is 5.80. The number of azide groups is 1. The van der Waals surface area contributed by atoms with E-state index in [1.807, 2.05) is 0 Å². The Balaban J connectivity index is 2.06. The van der Waals surface area contributed by atoms with Crippen molar-refractivity contribution in [1.82, 2.24) is 4.90 Å². The van der Waals surface area contributed by atoms with Crippen molar-refractivity contribution in [3.8, 4) is 0 Å². The van der Waals surface area contributed by atoms with Crippen molar-refractivity contribution < 1.29 is 5.11 Å². The normalized spacial score (nSPS) is 23.0. The molecule has 1 saturated heterocycles. The van der Waals surface area contributed by atoms with Gasteiger partial charge in [0.25, 0.3) is 0 Å². The second-order valence-corrected chi connectivity index (χ2v) is 3.45. The van der Waals surface area contributed by atoms with Crippen molar-refractivity contribution >= 4 is 0 Å². The van der Waals surface area contributed by atoms with E-state index in [2.05, 4.69) is 14.9 Å². The summed E-state index contributed by atoms with van der Waals surface area (Å²) in [5.74, 6) is 0.458. The number of aliphatic hydroxyl groups is 1. The van der Waals surface area contributed by atoms with Crippen LogP contribution in [-0.2, 0) is 0 Å². The van der Waals surface area contributed by atoms with Crippen LogP contribution in [0.1, 0.15) is 12.8 Å². The molecule has 0 amide bonds. The van der Waals surface area contributed by atoms with Crippen LogP contribution in [0.25, 0.3) is 10.4 Å². The van der Waals surface area contributed by atoms with Crippen LogP contribution < -0.4 is 0 Å². The van der Waals surface area contributed by atoms with E-state index in [-0.39, 0.29) is 0 Å². The molecule has 1 N–H and O–H groups in total. The van der Waals surface area contributed by atoms with Gasteiger partial charge >= 0.3 is 0 Å². The molecule has 1 heterocycles. The monoisotopic (exact) mass is 184 g/mol. The third-order valence-corrected chi connectivity index (χ3v) is 2.42. The van der Waals surface area contributed by atoms with Crippen LogP contribution in [0.2, 0.25) is 0 Å². The third kappa shape index (κ3) is 3.63. The molecule has 0 bridgehead atoms. The molecule has 1 rings (SSSR count). The van der Waals surface area contributed by atoms with Gasteiger partial charge in [-0.05, 0) is 37.4 Å². The van der Waals surface area contributed by atoms with Gasteiger partial charge in [-0.25, -0.2) is 0 Å². The summed E-state index contributed by atoms with van der Waals surface area (Å²) in [5, 5.41) is 12.4. The lowest BCUT2D eigenvalue weighted by Crippen LogP contribution is -2.23. The Morgan fingerprint density at radius 1 is 1.62 bits per heavy atom. The Bertz CT molecular complexity index is 191. The van der Waals surface area contributed by atoms with Crippen molar-refractivity contribution in [3.63, 3.8) is 0 Å². The van der Waals surface area contributed by atoms with E-state index in [0.29, 0.717) is 19.1 Å². The predicted octanol–water partition coefficient (Wildman–Crippen LogP) is 1.00. The number of rotatable bonds is 5. The number of likely N-dealkylation sites (tertiary alicyclic amines) is 1. The van der Waals surface area contributed by atoms with Crippen LogP contribution in [-0.4, -0.2) is 42.8 Å². The van der Waals surface area contributed by atoms with Crippen LogP contribution in [0.4, 0.5) is 0 Å². The molecule has 74 valence electrons. The zero-order valence-electron chi connectivity index (χ0n) is 7.76. The molecule has 1 aliphatic heterocycles. The molecular weight excluding hydrogens is 168 g/mol. The molecule has 0 aromatic heterocycles. The van der Waals surface area contributed by atoms with E-state index in [1.54, 1.807) is 0 Å². The first kappa shape index (κ1) is 10.3. The van der Waals surface area contributed by atoms with Crippen LogP contribution >= 0.6 is 0 Å². The van der Waals surface area contributed by atoms with Crippen molar-refractivity contribution in [2.45, 2.75) is 12.8 Å². The molecule has 13 heavy (non-hydrogen) atoms. The van der Waals surface area contributed by atoms with Gasteiger partial charge in [-0.2, -0.15) is 0 Å². The number of aliphatic hydroxyl groups excluding tert-OH is 1. The summed E-state index contributed by atoms with van der Waals surface area (Å²) in [6.45, 7) is 3.92. The van der Waals surface area contributed by atoms with Crippen LogP contribution in [0, 0.1) is 5.92 Å². The van der Waals surface area contributed by atoms with Crippen molar-refractivity contribution in [2.75, 3.05) is 32.8 Å². The average molecular weight is 184 g/mol. The van der Waals surface area contributed by atoms with Gasteiger partial charge in [0.1, 0.15) is 0 Å². The van der Waals surface area contributed by atoms with E-state index >= 15 is 0 Å². The molecule has 0 aromatic carbocycles. The number of hydrogen-bond acceptors (Lipinski definition) is 3. The molecule has 0 saturated carbocycles. The van der Waals surface area contributed by atoms with Gasteiger partial charge in [-0.3, -0.25) is 0 Å². The molecule has 1 unspecified atom stereocenters. The maximum absolute atomic E-state index is 8.90. The zero-order chi connectivity index (χ0) is 9.52. The smallest absolute Gasteiger partial charge is 0.0471 e. The molecule has 1 aliphatic rings.